The van der Waals surface area contributed by atoms with Crippen LogP contribution in [-0.4, -0.2) is 78.0 Å². The van der Waals surface area contributed by atoms with Crippen molar-refractivity contribution in [3.8, 4) is 0 Å². The molecular formula is C30H41ClN4O4. The van der Waals surface area contributed by atoms with Crippen LogP contribution in [0.4, 0.5) is 5.69 Å². The number of carbonyl (C=O) groups excluding carboxylic acids is 3. The van der Waals surface area contributed by atoms with Gasteiger partial charge in [0.15, 0.2) is 0 Å². The molecule has 1 spiro atoms. The fourth-order valence-corrected chi connectivity index (χ4v) is 7.07. The average molecular weight is 557 g/mol. The van der Waals surface area contributed by atoms with Gasteiger partial charge in [0, 0.05) is 23.3 Å². The van der Waals surface area contributed by atoms with E-state index < -0.39 is 29.6 Å². The number of fused-ring (bicyclic) bond motifs is 1. The number of nitrogens with zero attached hydrogens (tertiary/aromatic N) is 2. The van der Waals surface area contributed by atoms with E-state index in [1.54, 1.807) is 29.2 Å². The molecule has 1 aliphatic carbocycles. The Morgan fingerprint density at radius 3 is 2.67 bits per heavy atom. The van der Waals surface area contributed by atoms with Gasteiger partial charge in [0.1, 0.15) is 11.6 Å². The highest BCUT2D eigenvalue weighted by molar-refractivity contribution is 6.30. The van der Waals surface area contributed by atoms with Gasteiger partial charge in [-0.3, -0.25) is 14.4 Å². The molecule has 39 heavy (non-hydrogen) atoms. The number of anilines is 1. The van der Waals surface area contributed by atoms with Gasteiger partial charge < -0.3 is 25.2 Å². The van der Waals surface area contributed by atoms with Gasteiger partial charge in [-0.05, 0) is 64.0 Å². The van der Waals surface area contributed by atoms with Gasteiger partial charge in [0.25, 0.3) is 0 Å². The van der Waals surface area contributed by atoms with Gasteiger partial charge in [0.2, 0.25) is 17.7 Å². The molecule has 9 heteroatoms. The second-order valence-electron chi connectivity index (χ2n) is 11.6. The minimum Gasteiger partial charge on any atom is -0.359 e. The van der Waals surface area contributed by atoms with E-state index in [-0.39, 0.29) is 23.8 Å². The maximum atomic E-state index is 14.1. The summed E-state index contributed by atoms with van der Waals surface area (Å²) in [5.74, 6) is -2.10. The van der Waals surface area contributed by atoms with E-state index in [0.29, 0.717) is 17.3 Å². The fourth-order valence-electron chi connectivity index (χ4n) is 6.88. The molecule has 1 saturated carbocycles. The van der Waals surface area contributed by atoms with Crippen molar-refractivity contribution < 1.29 is 19.1 Å². The first-order valence-electron chi connectivity index (χ1n) is 14.6. The van der Waals surface area contributed by atoms with Gasteiger partial charge in [-0.25, -0.2) is 0 Å². The van der Waals surface area contributed by atoms with E-state index >= 15 is 0 Å². The Hall–Kier alpha value is -2.42. The quantitative estimate of drug-likeness (QED) is 0.402. The van der Waals surface area contributed by atoms with Crippen molar-refractivity contribution in [2.24, 2.45) is 11.8 Å². The number of unbranched alkanes of at least 4 members (excludes halogenated alkanes) is 1. The van der Waals surface area contributed by atoms with E-state index in [0.717, 1.165) is 58.0 Å². The molecule has 5 atom stereocenters. The third kappa shape index (κ3) is 5.61. The highest BCUT2D eigenvalue weighted by Crippen LogP contribution is 2.55. The average Bonchev–Trinajstić information content (AvgIpc) is 3.55. The van der Waals surface area contributed by atoms with E-state index in [1.165, 1.54) is 6.42 Å². The third-order valence-electron chi connectivity index (χ3n) is 8.80. The molecule has 0 aromatic heterocycles. The monoisotopic (exact) mass is 556 g/mol. The summed E-state index contributed by atoms with van der Waals surface area (Å²) in [4.78, 5) is 45.5. The molecule has 2 N–H and O–H groups in total. The van der Waals surface area contributed by atoms with Gasteiger partial charge in [0.05, 0.1) is 17.9 Å². The van der Waals surface area contributed by atoms with Crippen LogP contribution in [-0.2, 0) is 19.1 Å². The predicted octanol–water partition coefficient (Wildman–Crippen LogP) is 4.00. The first kappa shape index (κ1) is 28.1. The van der Waals surface area contributed by atoms with Crippen molar-refractivity contribution in [2.75, 3.05) is 32.0 Å². The maximum absolute atomic E-state index is 14.1. The fraction of sp³-hybridized carbons (Fsp3) is 0.633. The van der Waals surface area contributed by atoms with Gasteiger partial charge >= 0.3 is 0 Å². The van der Waals surface area contributed by atoms with Crippen LogP contribution in [0.1, 0.15) is 58.3 Å². The summed E-state index contributed by atoms with van der Waals surface area (Å²) >= 11 is 6.12. The van der Waals surface area contributed by atoms with Crippen molar-refractivity contribution >= 4 is 35.0 Å². The maximum Gasteiger partial charge on any atom is 0.246 e. The molecule has 4 aliphatic rings. The number of hydrogen-bond donors (Lipinski definition) is 2. The van der Waals surface area contributed by atoms with Crippen LogP contribution in [0.15, 0.2) is 36.4 Å². The van der Waals surface area contributed by atoms with Crippen molar-refractivity contribution in [1.82, 2.24) is 15.1 Å². The molecule has 2 bridgehead atoms. The lowest BCUT2D eigenvalue weighted by molar-refractivity contribution is -0.141. The molecule has 1 aromatic carbocycles. The van der Waals surface area contributed by atoms with Crippen LogP contribution < -0.4 is 10.6 Å². The molecule has 3 aliphatic heterocycles. The third-order valence-corrected chi connectivity index (χ3v) is 9.04. The molecule has 212 valence electrons. The first-order valence-corrected chi connectivity index (χ1v) is 14.9. The zero-order valence-corrected chi connectivity index (χ0v) is 23.8. The van der Waals surface area contributed by atoms with E-state index in [4.69, 9.17) is 16.3 Å². The van der Waals surface area contributed by atoms with Crippen LogP contribution >= 0.6 is 11.6 Å². The van der Waals surface area contributed by atoms with Crippen molar-refractivity contribution in [2.45, 2.75) is 82.1 Å². The molecule has 0 unspecified atom stereocenters. The summed E-state index contributed by atoms with van der Waals surface area (Å²) in [7, 11) is 2.09. The summed E-state index contributed by atoms with van der Waals surface area (Å²) in [6.07, 6.45) is 11.5. The molecule has 3 amide bonds. The van der Waals surface area contributed by atoms with Gasteiger partial charge in [-0.1, -0.05) is 62.4 Å². The number of likely N-dealkylation sites (tertiary alicyclic amines) is 1. The topological polar surface area (TPSA) is 91.0 Å². The lowest BCUT2D eigenvalue weighted by Crippen LogP contribution is -2.56. The first-order chi connectivity index (χ1) is 18.8. The number of amides is 3. The largest absolute Gasteiger partial charge is 0.359 e. The van der Waals surface area contributed by atoms with E-state index in [1.807, 2.05) is 12.2 Å². The molecule has 0 radical (unpaired) electrons. The predicted molar refractivity (Wildman–Crippen MR) is 151 cm³/mol. The highest BCUT2D eigenvalue weighted by Gasteiger charge is 2.72. The van der Waals surface area contributed by atoms with Gasteiger partial charge in [-0.15, -0.1) is 0 Å². The Morgan fingerprint density at radius 1 is 1.15 bits per heavy atom. The highest BCUT2D eigenvalue weighted by atomic mass is 35.5. The SMILES string of the molecule is CCCCN(C)CCCN1C(=O)[C@H]2[C@@H](C(=O)Nc3cccc(Cl)c3)[C@H]3C=C[C@@]2(O3)[C@@H]1C(=O)NC1CCCCC1. The second kappa shape index (κ2) is 12.0. The van der Waals surface area contributed by atoms with Crippen molar-refractivity contribution in [1.29, 1.82) is 0 Å². The Morgan fingerprint density at radius 2 is 1.92 bits per heavy atom. The van der Waals surface area contributed by atoms with Crippen molar-refractivity contribution in [3.05, 3.63) is 41.4 Å². The number of carbonyl (C=O) groups is 3. The number of hydrogen-bond acceptors (Lipinski definition) is 5. The summed E-state index contributed by atoms with van der Waals surface area (Å²) in [6, 6.07) is 6.27. The van der Waals surface area contributed by atoms with Crippen LogP contribution in [0, 0.1) is 11.8 Å². The molecule has 2 saturated heterocycles. The lowest BCUT2D eigenvalue weighted by atomic mass is 9.74. The summed E-state index contributed by atoms with van der Waals surface area (Å²) in [6.45, 7) is 4.45. The second-order valence-corrected chi connectivity index (χ2v) is 12.0. The number of benzene rings is 1. The Labute approximate surface area is 236 Å². The number of ether oxygens (including phenoxy) is 1. The zero-order valence-electron chi connectivity index (χ0n) is 23.0. The smallest absolute Gasteiger partial charge is 0.246 e. The molecule has 3 fully saturated rings. The summed E-state index contributed by atoms with van der Waals surface area (Å²) < 4.78 is 6.45. The van der Waals surface area contributed by atoms with E-state index in [2.05, 4.69) is 29.5 Å². The van der Waals surface area contributed by atoms with Crippen LogP contribution in [0.2, 0.25) is 5.02 Å². The minimum absolute atomic E-state index is 0.114. The number of halogens is 1. The Kier molecular flexibility index (Phi) is 8.64. The summed E-state index contributed by atoms with van der Waals surface area (Å²) in [5.41, 5.74) is -0.567. The lowest BCUT2D eigenvalue weighted by Gasteiger charge is -2.34. The molecule has 1 aromatic rings. The minimum atomic E-state index is -1.13. The summed E-state index contributed by atoms with van der Waals surface area (Å²) in [5, 5.41) is 6.69. The van der Waals surface area contributed by atoms with Crippen LogP contribution in [0.3, 0.4) is 0 Å². The number of nitrogens with one attached hydrogen (secondary N) is 2. The Balaban J connectivity index is 1.37. The van der Waals surface area contributed by atoms with Crippen LogP contribution in [0.5, 0.6) is 0 Å². The molecule has 8 nitrogen and oxygen atoms in total. The zero-order chi connectivity index (χ0) is 27.6. The normalized spacial score (nSPS) is 29.7. The van der Waals surface area contributed by atoms with Crippen LogP contribution in [0.25, 0.3) is 0 Å². The van der Waals surface area contributed by atoms with Gasteiger partial charge in [-0.2, -0.15) is 0 Å². The standard InChI is InChI=1S/C30H41ClN4O4/c1-3-4-16-34(2)17-9-18-35-26(28(37)32-21-11-6-5-7-12-21)30-15-14-23(39-30)24(25(30)29(35)38)27(36)33-22-13-8-10-20(31)19-22/h8,10,13-15,19,21,23-26H,3-7,9,11-12,16-18H2,1-2H3,(H,32,37)(H,33,36)/t23-,24+,25-,26+,30+/m1/s1. The van der Waals surface area contributed by atoms with Crippen molar-refractivity contribution in [3.63, 3.8) is 0 Å². The molecule has 5 rings (SSSR count). The molecular weight excluding hydrogens is 516 g/mol. The van der Waals surface area contributed by atoms with E-state index in [9.17, 15) is 14.4 Å². The molecule has 3 heterocycles. The number of rotatable bonds is 11. The Bertz CT molecular complexity index is 1110.